The van der Waals surface area contributed by atoms with Crippen LogP contribution >= 0.6 is 11.6 Å². The first-order valence-corrected chi connectivity index (χ1v) is 21.6. The van der Waals surface area contributed by atoms with Crippen LogP contribution in [0.5, 0.6) is 5.75 Å². The molecule has 2 aromatic carbocycles. The molecule has 1 spiro atoms. The van der Waals surface area contributed by atoms with E-state index in [9.17, 15) is 24.0 Å². The predicted molar refractivity (Wildman–Crippen MR) is 222 cm³/mol. The lowest BCUT2D eigenvalue weighted by Crippen LogP contribution is -2.61. The van der Waals surface area contributed by atoms with Gasteiger partial charge >= 0.3 is 0 Å². The van der Waals surface area contributed by atoms with Gasteiger partial charge in [0.15, 0.2) is 0 Å². The van der Waals surface area contributed by atoms with Crippen LogP contribution in [0.2, 0.25) is 5.02 Å². The van der Waals surface area contributed by atoms with E-state index in [1.54, 1.807) is 30.6 Å². The largest absolute Gasteiger partial charge is 0.490 e. The first-order chi connectivity index (χ1) is 29.5. The van der Waals surface area contributed by atoms with Gasteiger partial charge in [-0.1, -0.05) is 17.7 Å². The van der Waals surface area contributed by atoms with Gasteiger partial charge in [0.05, 0.1) is 46.9 Å². The lowest BCUT2D eigenvalue weighted by atomic mass is 9.72. The Balaban J connectivity index is 0.692. The molecule has 17 heteroatoms. The third-order valence-electron chi connectivity index (χ3n) is 13.5. The van der Waals surface area contributed by atoms with Gasteiger partial charge in [-0.3, -0.25) is 34.2 Å². The monoisotopic (exact) mass is 851 g/mol. The summed E-state index contributed by atoms with van der Waals surface area (Å²) in [6.07, 6.45) is 10.4. The summed E-state index contributed by atoms with van der Waals surface area (Å²) in [7, 11) is 0. The Hall–Kier alpha value is -5.66. The number of anilines is 2. The Morgan fingerprint density at radius 1 is 0.918 bits per heavy atom. The van der Waals surface area contributed by atoms with Gasteiger partial charge in [0.25, 0.3) is 17.7 Å². The fourth-order valence-corrected chi connectivity index (χ4v) is 10.1. The highest BCUT2D eigenvalue weighted by molar-refractivity contribution is 6.33. The zero-order chi connectivity index (χ0) is 42.4. The normalized spacial score (nSPS) is 24.3. The molecule has 6 heterocycles. The van der Waals surface area contributed by atoms with E-state index in [-0.39, 0.29) is 53.1 Å². The summed E-state index contributed by atoms with van der Waals surface area (Å²) in [6, 6.07) is 6.59. The summed E-state index contributed by atoms with van der Waals surface area (Å²) in [5.41, 5.74) is 1.26. The van der Waals surface area contributed by atoms with Gasteiger partial charge < -0.3 is 24.8 Å². The van der Waals surface area contributed by atoms with Crippen LogP contribution in [0.3, 0.4) is 0 Å². The number of nitrogens with one attached hydrogen (secondary N) is 2. The number of benzene rings is 2. The molecule has 0 bridgehead atoms. The molecule has 1 saturated carbocycles. The first-order valence-electron chi connectivity index (χ1n) is 21.2. The van der Waals surface area contributed by atoms with Crippen LogP contribution in [-0.4, -0.2) is 113 Å². The number of nitrogens with zero attached hydrogens (tertiary/aromatic N) is 7. The third kappa shape index (κ3) is 8.25. The molecule has 3 aromatic rings. The number of piperidine rings is 3. The van der Waals surface area contributed by atoms with Gasteiger partial charge in [0.2, 0.25) is 17.5 Å². The van der Waals surface area contributed by atoms with Crippen LogP contribution in [0.15, 0.2) is 42.7 Å². The van der Waals surface area contributed by atoms with E-state index in [1.165, 1.54) is 6.07 Å². The molecule has 1 aromatic heterocycles. The summed E-state index contributed by atoms with van der Waals surface area (Å²) < 4.78 is 21.5. The number of carbonyl (C=O) groups excluding carboxylic acids is 5. The van der Waals surface area contributed by atoms with Crippen molar-refractivity contribution in [1.82, 2.24) is 30.4 Å². The number of ether oxygens (including phenoxy) is 1. The number of carbonyl (C=O) groups is 5. The highest BCUT2D eigenvalue weighted by Gasteiger charge is 2.47. The Morgan fingerprint density at radius 3 is 2.30 bits per heavy atom. The van der Waals surface area contributed by atoms with E-state index in [1.807, 2.05) is 4.90 Å². The van der Waals surface area contributed by atoms with E-state index >= 15 is 4.39 Å². The molecule has 15 nitrogen and oxygen atoms in total. The maximum Gasteiger partial charge on any atom is 0.271 e. The highest BCUT2D eigenvalue weighted by atomic mass is 35.5. The molecule has 5 amide bonds. The van der Waals surface area contributed by atoms with Crippen LogP contribution in [0.1, 0.15) is 95.4 Å². The smallest absolute Gasteiger partial charge is 0.271 e. The van der Waals surface area contributed by atoms with Crippen LogP contribution in [0.25, 0.3) is 4.85 Å². The number of fused-ring (bicyclic) bond motifs is 1. The molecule has 318 valence electrons. The van der Waals surface area contributed by atoms with Crippen molar-refractivity contribution in [3.8, 4) is 5.75 Å². The van der Waals surface area contributed by atoms with Crippen molar-refractivity contribution in [2.45, 2.75) is 82.4 Å². The van der Waals surface area contributed by atoms with Gasteiger partial charge in [-0.2, -0.15) is 0 Å². The topological polar surface area (TPSA) is 162 Å². The summed E-state index contributed by atoms with van der Waals surface area (Å²) in [5.74, 6) is -1.41. The summed E-state index contributed by atoms with van der Waals surface area (Å²) in [4.78, 5) is 83.6. The van der Waals surface area contributed by atoms with E-state index in [4.69, 9.17) is 22.9 Å². The third-order valence-corrected chi connectivity index (χ3v) is 13.8. The number of rotatable bonds is 9. The van der Waals surface area contributed by atoms with Crippen molar-refractivity contribution in [1.29, 1.82) is 0 Å². The van der Waals surface area contributed by atoms with E-state index in [0.717, 1.165) is 101 Å². The molecular formula is C44H47ClFN9O6. The zero-order valence-corrected chi connectivity index (χ0v) is 34.5. The SMILES string of the molecule is [C-]#[N+]c1ccc(OC2CCC(NC(=O)c3cnc(N4CC5(CCN(CC6CCN(c7cc8c(cc7F)C(=O)N(C7CCC(=O)NC7=O)C8=O)CC6)CC5)C4)cn3)CC2)cc1Cl. The van der Waals surface area contributed by atoms with Crippen molar-refractivity contribution >= 4 is 58.3 Å². The lowest BCUT2D eigenvalue weighted by Gasteiger charge is -2.54. The van der Waals surface area contributed by atoms with Crippen LogP contribution in [0.4, 0.5) is 21.6 Å². The molecule has 5 aliphatic heterocycles. The quantitative estimate of drug-likeness (QED) is 0.216. The van der Waals surface area contributed by atoms with Crippen molar-refractivity contribution < 1.29 is 33.1 Å². The van der Waals surface area contributed by atoms with Gasteiger partial charge in [-0.25, -0.2) is 19.2 Å². The minimum absolute atomic E-state index is 0.0194. The molecule has 9 rings (SSSR count). The molecule has 1 unspecified atom stereocenters. The molecule has 61 heavy (non-hydrogen) atoms. The molecule has 4 saturated heterocycles. The number of likely N-dealkylation sites (tertiary alicyclic amines) is 1. The van der Waals surface area contributed by atoms with Gasteiger partial charge in [-0.05, 0) is 101 Å². The Labute approximate surface area is 357 Å². The Bertz CT molecular complexity index is 2290. The minimum atomic E-state index is -1.09. The molecule has 1 atom stereocenters. The summed E-state index contributed by atoms with van der Waals surface area (Å²) >= 11 is 6.16. The van der Waals surface area contributed by atoms with Crippen LogP contribution in [-0.2, 0) is 9.59 Å². The number of hydrogen-bond acceptors (Lipinski definition) is 11. The number of imide groups is 2. The average molecular weight is 852 g/mol. The fraction of sp³-hybridized carbons (Fsp3) is 0.500. The standard InChI is InChI=1S/C44H47ClFN9O6/c1-47-34-7-6-29(18-32(34)45)61-28-4-2-27(3-5-28)50-40(57)35-21-49-38(22-48-35)54-24-44(25-54)12-16-52(17-13-44)23-26-10-14-53(15-11-26)37-20-31-30(19-33(37)46)42(59)55(43(31)60)36-8-9-39(56)51-41(36)58/h6-7,18-22,26-28,36H,2-5,8-17,23-25H2,(H,50,57)(H,51,56,58). The van der Waals surface area contributed by atoms with Gasteiger partial charge in [0, 0.05) is 50.6 Å². The van der Waals surface area contributed by atoms with E-state index in [0.29, 0.717) is 41.2 Å². The van der Waals surface area contributed by atoms with Crippen molar-refractivity contribution in [2.24, 2.45) is 11.3 Å². The van der Waals surface area contributed by atoms with Crippen molar-refractivity contribution in [3.63, 3.8) is 0 Å². The maximum absolute atomic E-state index is 15.5. The average Bonchev–Trinajstić information content (AvgIpc) is 3.48. The van der Waals surface area contributed by atoms with Crippen LogP contribution in [0, 0.1) is 23.7 Å². The lowest BCUT2D eigenvalue weighted by molar-refractivity contribution is -0.136. The number of aromatic nitrogens is 2. The van der Waals surface area contributed by atoms with Crippen molar-refractivity contribution in [3.05, 3.63) is 81.8 Å². The van der Waals surface area contributed by atoms with Crippen LogP contribution < -0.4 is 25.2 Å². The van der Waals surface area contributed by atoms with E-state index < -0.39 is 35.5 Å². The zero-order valence-electron chi connectivity index (χ0n) is 33.7. The second kappa shape index (κ2) is 16.7. The predicted octanol–water partition coefficient (Wildman–Crippen LogP) is 5.16. The Kier molecular flexibility index (Phi) is 11.1. The molecule has 1 aliphatic carbocycles. The van der Waals surface area contributed by atoms with Gasteiger partial charge in [0.1, 0.15) is 29.1 Å². The van der Waals surface area contributed by atoms with Gasteiger partial charge in [-0.15, -0.1) is 0 Å². The number of amides is 5. The van der Waals surface area contributed by atoms with Crippen molar-refractivity contribution in [2.75, 3.05) is 55.6 Å². The summed E-state index contributed by atoms with van der Waals surface area (Å²) in [5, 5.41) is 5.67. The fourth-order valence-electron chi connectivity index (χ4n) is 9.92. The van der Waals surface area contributed by atoms with E-state index in [2.05, 4.69) is 35.2 Å². The molecular weight excluding hydrogens is 805 g/mol. The highest BCUT2D eigenvalue weighted by Crippen LogP contribution is 2.43. The molecule has 5 fully saturated rings. The summed E-state index contributed by atoms with van der Waals surface area (Å²) in [6.45, 7) is 13.2. The molecule has 2 N–H and O–H groups in total. The molecule has 0 radical (unpaired) electrons. The molecule has 6 aliphatic rings. The minimum Gasteiger partial charge on any atom is -0.490 e. The second-order valence-corrected chi connectivity index (χ2v) is 17.8. The first kappa shape index (κ1) is 40.7. The number of halogens is 2. The second-order valence-electron chi connectivity index (χ2n) is 17.4. The Morgan fingerprint density at radius 2 is 1.64 bits per heavy atom. The number of hydrogen-bond donors (Lipinski definition) is 2. The maximum atomic E-state index is 15.5.